The molecule has 3 aromatic rings. The predicted molar refractivity (Wildman–Crippen MR) is 101 cm³/mol. The number of rotatable bonds is 5. The van der Waals surface area contributed by atoms with Crippen molar-refractivity contribution in [3.63, 3.8) is 0 Å². The molecule has 4 N–H and O–H groups in total. The molecule has 2 aromatic heterocycles. The maximum Gasteiger partial charge on any atom is 0.238 e. The summed E-state index contributed by atoms with van der Waals surface area (Å²) in [4.78, 5) is 12.6. The lowest BCUT2D eigenvalue weighted by Crippen LogP contribution is -2.13. The third-order valence-electron chi connectivity index (χ3n) is 4.64. The number of hydrogen-bond donors (Lipinski definition) is 2. The lowest BCUT2D eigenvalue weighted by molar-refractivity contribution is 0.186. The second-order valence-corrected chi connectivity index (χ2v) is 8.16. The number of aromatic nitrogens is 5. The quantitative estimate of drug-likeness (QED) is 0.628. The van der Waals surface area contributed by atoms with Crippen molar-refractivity contribution in [2.24, 2.45) is 11.1 Å². The summed E-state index contributed by atoms with van der Waals surface area (Å²) in [5.41, 5.74) is 7.97. The van der Waals surface area contributed by atoms with Crippen molar-refractivity contribution in [1.29, 1.82) is 0 Å². The van der Waals surface area contributed by atoms with Crippen LogP contribution in [0.4, 0.5) is 5.82 Å². The summed E-state index contributed by atoms with van der Waals surface area (Å²) in [6.45, 7) is 1.40. The fraction of sp³-hybridized carbons (Fsp3) is 0.294. The second-order valence-electron chi connectivity index (χ2n) is 6.60. The molecule has 4 rings (SSSR count). The number of nitrogens with zero attached hydrogens (tertiary/aromatic N) is 5. The van der Waals surface area contributed by atoms with Crippen LogP contribution in [0.3, 0.4) is 0 Å². The van der Waals surface area contributed by atoms with Crippen LogP contribution in [0, 0.1) is 5.92 Å². The minimum absolute atomic E-state index is 0.00912. The van der Waals surface area contributed by atoms with E-state index < -0.39 is 10.0 Å². The lowest BCUT2D eigenvalue weighted by Gasteiger charge is -2.15. The second kappa shape index (κ2) is 7.26. The largest absolute Gasteiger partial charge is 0.381 e. The Bertz CT molecular complexity index is 1090. The van der Waals surface area contributed by atoms with Crippen LogP contribution in [-0.4, -0.2) is 46.4 Å². The van der Waals surface area contributed by atoms with Gasteiger partial charge in [0.05, 0.1) is 16.8 Å². The molecule has 3 heterocycles. The maximum atomic E-state index is 11.9. The van der Waals surface area contributed by atoms with Gasteiger partial charge in [-0.25, -0.2) is 28.5 Å². The molecule has 0 spiro atoms. The molecule has 146 valence electrons. The summed E-state index contributed by atoms with van der Waals surface area (Å²) >= 11 is 0. The lowest BCUT2D eigenvalue weighted by atomic mass is 9.94. The highest BCUT2D eigenvalue weighted by molar-refractivity contribution is 7.89. The third kappa shape index (κ3) is 3.72. The normalized spacial score (nSPS) is 17.1. The molecule has 0 aliphatic carbocycles. The van der Waals surface area contributed by atoms with Crippen LogP contribution in [0.15, 0.2) is 41.9 Å². The Morgan fingerprint density at radius 1 is 1.32 bits per heavy atom. The summed E-state index contributed by atoms with van der Waals surface area (Å²) in [6, 6.07) is 4.79. The molecule has 1 atom stereocenters. The molecule has 0 bridgehead atoms. The summed E-state index contributed by atoms with van der Waals surface area (Å²) in [7, 11) is -3.86. The van der Waals surface area contributed by atoms with Crippen LogP contribution < -0.4 is 10.9 Å². The van der Waals surface area contributed by atoms with Crippen molar-refractivity contribution < 1.29 is 13.2 Å². The third-order valence-corrected chi connectivity index (χ3v) is 5.55. The van der Waals surface area contributed by atoms with Gasteiger partial charge >= 0.3 is 0 Å². The standard InChI is InChI=1S/C17H19N7O3S/c18-16-17(24-10-20-9-22-24)23-15(7-21-16)14-6-13(28(19,25)26)2-1-12(14)5-11-3-4-27-8-11/h1-2,6-7,9-11H,3-5,8H2,(H2,18,21)(H2,19,25,26). The van der Waals surface area contributed by atoms with Crippen molar-refractivity contribution in [2.75, 3.05) is 18.9 Å². The van der Waals surface area contributed by atoms with Crippen molar-refractivity contribution in [2.45, 2.75) is 17.7 Å². The van der Waals surface area contributed by atoms with E-state index >= 15 is 0 Å². The van der Waals surface area contributed by atoms with E-state index in [-0.39, 0.29) is 10.7 Å². The van der Waals surface area contributed by atoms with Crippen molar-refractivity contribution in [3.8, 4) is 17.1 Å². The van der Waals surface area contributed by atoms with Gasteiger partial charge in [-0.2, -0.15) is 9.78 Å². The first kappa shape index (κ1) is 18.5. The highest BCUT2D eigenvalue weighted by Crippen LogP contribution is 2.30. The van der Waals surface area contributed by atoms with E-state index in [4.69, 9.17) is 15.6 Å². The molecular weight excluding hydrogens is 382 g/mol. The van der Waals surface area contributed by atoms with Crippen LogP contribution in [-0.2, 0) is 21.2 Å². The van der Waals surface area contributed by atoms with Crippen LogP contribution in [0.5, 0.6) is 0 Å². The van der Waals surface area contributed by atoms with Gasteiger partial charge in [-0.3, -0.25) is 0 Å². The average Bonchev–Trinajstić information content (AvgIpc) is 3.35. The Kier molecular flexibility index (Phi) is 4.79. The first-order valence-corrected chi connectivity index (χ1v) is 10.2. The molecule has 1 saturated heterocycles. The Hall–Kier alpha value is -2.89. The zero-order valence-electron chi connectivity index (χ0n) is 14.9. The van der Waals surface area contributed by atoms with E-state index in [0.717, 1.165) is 25.0 Å². The van der Waals surface area contributed by atoms with Crippen molar-refractivity contribution in [1.82, 2.24) is 24.7 Å². The molecular formula is C17H19N7O3S. The molecule has 1 aliphatic rings. The van der Waals surface area contributed by atoms with E-state index in [1.165, 1.54) is 35.7 Å². The van der Waals surface area contributed by atoms with Crippen molar-refractivity contribution in [3.05, 3.63) is 42.6 Å². The maximum absolute atomic E-state index is 11.9. The summed E-state index contributed by atoms with van der Waals surface area (Å²) in [5.74, 6) is 0.851. The van der Waals surface area contributed by atoms with E-state index in [1.807, 2.05) is 0 Å². The monoisotopic (exact) mass is 401 g/mol. The molecule has 1 aromatic carbocycles. The number of nitrogen functional groups attached to an aromatic ring is 1. The van der Waals surface area contributed by atoms with Gasteiger partial charge in [0.15, 0.2) is 11.6 Å². The van der Waals surface area contributed by atoms with Crippen LogP contribution in [0.1, 0.15) is 12.0 Å². The SMILES string of the molecule is Nc1ncc(-c2cc(S(N)(=O)=O)ccc2CC2CCOC2)nc1-n1cncn1. The highest BCUT2D eigenvalue weighted by atomic mass is 32.2. The zero-order chi connectivity index (χ0) is 19.7. The Balaban J connectivity index is 1.83. The number of ether oxygens (including phenoxy) is 1. The van der Waals surface area contributed by atoms with Gasteiger partial charge in [0, 0.05) is 18.8 Å². The van der Waals surface area contributed by atoms with Gasteiger partial charge in [-0.05, 0) is 36.5 Å². The van der Waals surface area contributed by atoms with E-state index in [9.17, 15) is 8.42 Å². The molecule has 1 aliphatic heterocycles. The molecule has 0 saturated carbocycles. The molecule has 0 amide bonds. The molecule has 1 fully saturated rings. The minimum atomic E-state index is -3.86. The zero-order valence-corrected chi connectivity index (χ0v) is 15.7. The van der Waals surface area contributed by atoms with Gasteiger partial charge in [0.2, 0.25) is 10.0 Å². The van der Waals surface area contributed by atoms with E-state index in [0.29, 0.717) is 29.6 Å². The number of primary sulfonamides is 1. The Morgan fingerprint density at radius 3 is 2.86 bits per heavy atom. The molecule has 28 heavy (non-hydrogen) atoms. The summed E-state index contributed by atoms with van der Waals surface area (Å²) in [6.07, 6.45) is 6.01. The van der Waals surface area contributed by atoms with E-state index in [1.54, 1.807) is 6.07 Å². The Morgan fingerprint density at radius 2 is 2.18 bits per heavy atom. The Labute approximate surface area is 161 Å². The molecule has 10 nitrogen and oxygen atoms in total. The highest BCUT2D eigenvalue weighted by Gasteiger charge is 2.21. The number of anilines is 1. The van der Waals surface area contributed by atoms with Gasteiger partial charge in [-0.1, -0.05) is 6.07 Å². The summed E-state index contributed by atoms with van der Waals surface area (Å²) in [5, 5.41) is 9.36. The van der Waals surface area contributed by atoms with Gasteiger partial charge in [-0.15, -0.1) is 0 Å². The number of hydrogen-bond acceptors (Lipinski definition) is 8. The molecule has 0 radical (unpaired) electrons. The first-order chi connectivity index (χ1) is 13.4. The van der Waals surface area contributed by atoms with Crippen LogP contribution in [0.2, 0.25) is 0 Å². The fourth-order valence-electron chi connectivity index (χ4n) is 3.21. The van der Waals surface area contributed by atoms with Gasteiger partial charge in [0.1, 0.15) is 12.7 Å². The first-order valence-electron chi connectivity index (χ1n) is 8.63. The van der Waals surface area contributed by atoms with Crippen molar-refractivity contribution >= 4 is 15.8 Å². The summed E-state index contributed by atoms with van der Waals surface area (Å²) < 4.78 is 30.6. The number of benzene rings is 1. The van der Waals surface area contributed by atoms with Crippen LogP contribution in [0.25, 0.3) is 17.1 Å². The minimum Gasteiger partial charge on any atom is -0.381 e. The molecule has 11 heteroatoms. The van der Waals surface area contributed by atoms with Gasteiger partial charge in [0.25, 0.3) is 0 Å². The smallest absolute Gasteiger partial charge is 0.238 e. The average molecular weight is 401 g/mol. The predicted octanol–water partition coefficient (Wildman–Crippen LogP) is 0.533. The number of sulfonamides is 1. The molecule has 1 unspecified atom stereocenters. The van der Waals surface area contributed by atoms with E-state index in [2.05, 4.69) is 20.1 Å². The topological polar surface area (TPSA) is 152 Å². The van der Waals surface area contributed by atoms with Gasteiger partial charge < -0.3 is 10.5 Å². The fourth-order valence-corrected chi connectivity index (χ4v) is 3.75. The van der Waals surface area contributed by atoms with Crippen LogP contribution >= 0.6 is 0 Å². The number of nitrogens with two attached hydrogens (primary N) is 2.